The zero-order valence-corrected chi connectivity index (χ0v) is 13.2. The highest BCUT2D eigenvalue weighted by Crippen LogP contribution is 2.34. The Bertz CT molecular complexity index is 643. The van der Waals surface area contributed by atoms with Gasteiger partial charge in [-0.25, -0.2) is 0 Å². The SMILES string of the molecule is CNCC(=O)N(Cc1cccs1)c1ccc2c(c1)OCCO2. The lowest BCUT2D eigenvalue weighted by Crippen LogP contribution is -2.36. The maximum absolute atomic E-state index is 12.4. The summed E-state index contributed by atoms with van der Waals surface area (Å²) in [7, 11) is 1.77. The lowest BCUT2D eigenvalue weighted by molar-refractivity contribution is -0.117. The summed E-state index contributed by atoms with van der Waals surface area (Å²) in [6, 6.07) is 9.65. The maximum atomic E-state index is 12.4. The molecule has 1 aromatic carbocycles. The monoisotopic (exact) mass is 318 g/mol. The zero-order chi connectivity index (χ0) is 15.4. The first-order valence-electron chi connectivity index (χ1n) is 7.15. The van der Waals surface area contributed by atoms with Crippen molar-refractivity contribution >= 4 is 22.9 Å². The fourth-order valence-corrected chi connectivity index (χ4v) is 3.02. The number of ether oxygens (including phenoxy) is 2. The van der Waals surface area contributed by atoms with Crippen LogP contribution in [0.2, 0.25) is 0 Å². The van der Waals surface area contributed by atoms with Crippen LogP contribution in [0.1, 0.15) is 4.88 Å². The maximum Gasteiger partial charge on any atom is 0.241 e. The second-order valence-electron chi connectivity index (χ2n) is 4.92. The topological polar surface area (TPSA) is 50.8 Å². The minimum Gasteiger partial charge on any atom is -0.486 e. The standard InChI is InChI=1S/C16H18N2O3S/c1-17-10-16(19)18(11-13-3-2-8-22-13)12-4-5-14-15(9-12)21-7-6-20-14/h2-5,8-9,17H,6-7,10-11H2,1H3. The summed E-state index contributed by atoms with van der Waals surface area (Å²) in [5.74, 6) is 1.44. The van der Waals surface area contributed by atoms with Crippen molar-refractivity contribution in [3.8, 4) is 11.5 Å². The van der Waals surface area contributed by atoms with Gasteiger partial charge in [0.2, 0.25) is 5.91 Å². The number of carbonyl (C=O) groups excluding carboxylic acids is 1. The lowest BCUT2D eigenvalue weighted by atomic mass is 10.2. The van der Waals surface area contributed by atoms with Gasteiger partial charge in [0, 0.05) is 16.6 Å². The number of hydrogen-bond acceptors (Lipinski definition) is 5. The minimum absolute atomic E-state index is 0.0209. The van der Waals surface area contributed by atoms with Crippen molar-refractivity contribution in [2.24, 2.45) is 0 Å². The van der Waals surface area contributed by atoms with Crippen LogP contribution in [0.3, 0.4) is 0 Å². The molecule has 0 radical (unpaired) electrons. The molecule has 116 valence electrons. The average Bonchev–Trinajstić information content (AvgIpc) is 3.05. The van der Waals surface area contributed by atoms with Gasteiger partial charge in [-0.1, -0.05) is 6.07 Å². The summed E-state index contributed by atoms with van der Waals surface area (Å²) < 4.78 is 11.1. The van der Waals surface area contributed by atoms with E-state index in [9.17, 15) is 4.79 Å². The third-order valence-corrected chi connectivity index (χ3v) is 4.22. The zero-order valence-electron chi connectivity index (χ0n) is 12.4. The normalized spacial score (nSPS) is 13.0. The number of anilines is 1. The van der Waals surface area contributed by atoms with Crippen LogP contribution < -0.4 is 19.7 Å². The molecule has 0 bridgehead atoms. The van der Waals surface area contributed by atoms with Crippen LogP contribution in [0.4, 0.5) is 5.69 Å². The van der Waals surface area contributed by atoms with Crippen LogP contribution in [0.5, 0.6) is 11.5 Å². The number of nitrogens with one attached hydrogen (secondary N) is 1. The predicted molar refractivity (Wildman–Crippen MR) is 86.9 cm³/mol. The Labute approximate surface area is 133 Å². The first-order chi connectivity index (χ1) is 10.8. The van der Waals surface area contributed by atoms with Crippen molar-refractivity contribution in [1.82, 2.24) is 5.32 Å². The van der Waals surface area contributed by atoms with E-state index in [1.165, 1.54) is 0 Å². The van der Waals surface area contributed by atoms with Crippen molar-refractivity contribution in [2.45, 2.75) is 6.54 Å². The number of rotatable bonds is 5. The number of fused-ring (bicyclic) bond motifs is 1. The van der Waals surface area contributed by atoms with Crippen molar-refractivity contribution in [3.63, 3.8) is 0 Å². The van der Waals surface area contributed by atoms with Crippen LogP contribution in [-0.2, 0) is 11.3 Å². The van der Waals surface area contributed by atoms with Crippen LogP contribution in [0.15, 0.2) is 35.7 Å². The molecule has 0 saturated carbocycles. The summed E-state index contributed by atoms with van der Waals surface area (Å²) in [4.78, 5) is 15.3. The molecule has 0 atom stereocenters. The number of thiophene rings is 1. The molecular weight excluding hydrogens is 300 g/mol. The number of carbonyl (C=O) groups is 1. The summed E-state index contributed by atoms with van der Waals surface area (Å²) in [6.45, 7) is 1.94. The summed E-state index contributed by atoms with van der Waals surface area (Å²) in [6.07, 6.45) is 0. The molecule has 22 heavy (non-hydrogen) atoms. The van der Waals surface area contributed by atoms with Gasteiger partial charge < -0.3 is 19.7 Å². The van der Waals surface area contributed by atoms with Gasteiger partial charge in [-0.2, -0.15) is 0 Å². The van der Waals surface area contributed by atoms with E-state index in [2.05, 4.69) is 5.32 Å². The molecule has 0 unspecified atom stereocenters. The summed E-state index contributed by atoms with van der Waals surface area (Å²) in [5, 5.41) is 4.93. The van der Waals surface area contributed by atoms with Crippen LogP contribution in [-0.4, -0.2) is 32.7 Å². The Balaban J connectivity index is 1.89. The van der Waals surface area contributed by atoms with Gasteiger partial charge in [0.15, 0.2) is 11.5 Å². The Morgan fingerprint density at radius 2 is 2.09 bits per heavy atom. The fraction of sp³-hybridized carbons (Fsp3) is 0.312. The Morgan fingerprint density at radius 3 is 2.82 bits per heavy atom. The highest BCUT2D eigenvalue weighted by molar-refractivity contribution is 7.09. The van der Waals surface area contributed by atoms with Gasteiger partial charge in [-0.05, 0) is 30.6 Å². The van der Waals surface area contributed by atoms with Crippen LogP contribution >= 0.6 is 11.3 Å². The first kappa shape index (κ1) is 14.9. The number of benzene rings is 1. The molecule has 1 N–H and O–H groups in total. The van der Waals surface area contributed by atoms with Crippen molar-refractivity contribution < 1.29 is 14.3 Å². The molecule has 2 heterocycles. The molecule has 1 aliphatic rings. The van der Waals surface area contributed by atoms with E-state index in [-0.39, 0.29) is 5.91 Å². The molecular formula is C16H18N2O3S. The molecule has 0 fully saturated rings. The molecule has 3 rings (SSSR count). The van der Waals surface area contributed by atoms with Gasteiger partial charge in [0.25, 0.3) is 0 Å². The predicted octanol–water partition coefficient (Wildman–Crippen LogP) is 2.27. The highest BCUT2D eigenvalue weighted by Gasteiger charge is 2.19. The minimum atomic E-state index is 0.0209. The Hall–Kier alpha value is -2.05. The lowest BCUT2D eigenvalue weighted by Gasteiger charge is -2.25. The molecule has 0 spiro atoms. The third-order valence-electron chi connectivity index (χ3n) is 3.36. The quantitative estimate of drug-likeness (QED) is 0.919. The molecule has 0 aliphatic carbocycles. The van der Waals surface area contributed by atoms with Crippen molar-refractivity contribution in [3.05, 3.63) is 40.6 Å². The second-order valence-corrected chi connectivity index (χ2v) is 5.95. The Kier molecular flexibility index (Phi) is 4.60. The van der Waals surface area contributed by atoms with Gasteiger partial charge >= 0.3 is 0 Å². The molecule has 1 aliphatic heterocycles. The summed E-state index contributed by atoms with van der Waals surface area (Å²) in [5.41, 5.74) is 0.818. The van der Waals surface area contributed by atoms with E-state index in [0.29, 0.717) is 32.1 Å². The third kappa shape index (κ3) is 3.23. The fourth-order valence-electron chi connectivity index (χ4n) is 2.33. The van der Waals surface area contributed by atoms with Crippen LogP contribution in [0.25, 0.3) is 0 Å². The van der Waals surface area contributed by atoms with E-state index in [1.807, 2.05) is 35.7 Å². The van der Waals surface area contributed by atoms with Gasteiger partial charge in [-0.15, -0.1) is 11.3 Å². The van der Waals surface area contributed by atoms with E-state index >= 15 is 0 Å². The van der Waals surface area contributed by atoms with Crippen molar-refractivity contribution in [2.75, 3.05) is 31.7 Å². The van der Waals surface area contributed by atoms with Gasteiger partial charge in [0.05, 0.1) is 13.1 Å². The van der Waals surface area contributed by atoms with Crippen molar-refractivity contribution in [1.29, 1.82) is 0 Å². The van der Waals surface area contributed by atoms with Gasteiger partial charge in [0.1, 0.15) is 13.2 Å². The van der Waals surface area contributed by atoms with E-state index in [0.717, 1.165) is 16.3 Å². The number of amides is 1. The average molecular weight is 318 g/mol. The molecule has 1 amide bonds. The van der Waals surface area contributed by atoms with Crippen LogP contribution in [0, 0.1) is 0 Å². The number of nitrogens with zero attached hydrogens (tertiary/aromatic N) is 1. The first-order valence-corrected chi connectivity index (χ1v) is 8.03. The molecule has 0 saturated heterocycles. The molecule has 2 aromatic rings. The largest absolute Gasteiger partial charge is 0.486 e. The Morgan fingerprint density at radius 1 is 1.27 bits per heavy atom. The highest BCUT2D eigenvalue weighted by atomic mass is 32.1. The summed E-state index contributed by atoms with van der Waals surface area (Å²) >= 11 is 1.64. The second kappa shape index (κ2) is 6.81. The van der Waals surface area contributed by atoms with E-state index in [1.54, 1.807) is 23.3 Å². The molecule has 6 heteroatoms. The number of hydrogen-bond donors (Lipinski definition) is 1. The molecule has 1 aromatic heterocycles. The van der Waals surface area contributed by atoms with E-state index in [4.69, 9.17) is 9.47 Å². The van der Waals surface area contributed by atoms with E-state index < -0.39 is 0 Å². The number of likely N-dealkylation sites (N-methyl/N-ethyl adjacent to an activating group) is 1. The van der Waals surface area contributed by atoms with Gasteiger partial charge in [-0.3, -0.25) is 4.79 Å². The smallest absolute Gasteiger partial charge is 0.241 e. The molecule has 5 nitrogen and oxygen atoms in total.